The summed E-state index contributed by atoms with van der Waals surface area (Å²) in [6.45, 7) is 13.7. The van der Waals surface area contributed by atoms with Crippen LogP contribution in [0.2, 0.25) is 0 Å². The first-order chi connectivity index (χ1) is 11.6. The highest BCUT2D eigenvalue weighted by molar-refractivity contribution is 6.00. The number of allylic oxidation sites excluding steroid dienone is 1. The molecule has 0 aromatic heterocycles. The highest BCUT2D eigenvalue weighted by Gasteiger charge is 2.68. The van der Waals surface area contributed by atoms with Gasteiger partial charge in [0, 0.05) is 11.8 Å². The van der Waals surface area contributed by atoms with Crippen LogP contribution < -0.4 is 0 Å². The number of carbonyl (C=O) groups is 1. The summed E-state index contributed by atoms with van der Waals surface area (Å²) < 4.78 is 0. The van der Waals surface area contributed by atoms with Gasteiger partial charge in [0.05, 0.1) is 6.61 Å². The number of Topliss-reactive ketones (excluding diaryl/α,β-unsaturated/α-hetero) is 1. The SMILES string of the molecule is CC1=C(C(C)C)C(=O)CC1(CO)CC[C@]12CCC[C@H](C(C)C)[C@@]1(C)C2. The van der Waals surface area contributed by atoms with Crippen molar-refractivity contribution < 1.29 is 9.90 Å². The molecule has 2 nitrogen and oxygen atoms in total. The van der Waals surface area contributed by atoms with Crippen LogP contribution >= 0.6 is 0 Å². The summed E-state index contributed by atoms with van der Waals surface area (Å²) in [6, 6.07) is 0. The van der Waals surface area contributed by atoms with E-state index in [1.807, 2.05) is 0 Å². The van der Waals surface area contributed by atoms with Crippen molar-refractivity contribution >= 4 is 5.78 Å². The van der Waals surface area contributed by atoms with E-state index in [0.29, 0.717) is 17.3 Å². The predicted molar refractivity (Wildman–Crippen MR) is 103 cm³/mol. The lowest BCUT2D eigenvalue weighted by Crippen LogP contribution is -2.32. The summed E-state index contributed by atoms with van der Waals surface area (Å²) in [6.07, 6.45) is 8.15. The number of ketones is 1. The van der Waals surface area contributed by atoms with Gasteiger partial charge in [0.25, 0.3) is 0 Å². The van der Waals surface area contributed by atoms with Crippen LogP contribution in [0.4, 0.5) is 0 Å². The van der Waals surface area contributed by atoms with Gasteiger partial charge in [0.15, 0.2) is 5.78 Å². The van der Waals surface area contributed by atoms with Crippen molar-refractivity contribution in [1.29, 1.82) is 0 Å². The van der Waals surface area contributed by atoms with Gasteiger partial charge in [0.1, 0.15) is 0 Å². The maximum absolute atomic E-state index is 12.6. The quantitative estimate of drug-likeness (QED) is 0.685. The van der Waals surface area contributed by atoms with E-state index in [-0.39, 0.29) is 23.7 Å². The van der Waals surface area contributed by atoms with Crippen molar-refractivity contribution in [3.63, 3.8) is 0 Å². The van der Waals surface area contributed by atoms with Crippen molar-refractivity contribution in [2.75, 3.05) is 6.61 Å². The highest BCUT2D eigenvalue weighted by atomic mass is 16.3. The molecule has 0 amide bonds. The zero-order valence-corrected chi connectivity index (χ0v) is 17.2. The summed E-state index contributed by atoms with van der Waals surface area (Å²) in [5.74, 6) is 2.16. The van der Waals surface area contributed by atoms with Crippen LogP contribution in [0.5, 0.6) is 0 Å². The van der Waals surface area contributed by atoms with Crippen LogP contribution in [0, 0.1) is 34.0 Å². The van der Waals surface area contributed by atoms with E-state index < -0.39 is 0 Å². The zero-order valence-electron chi connectivity index (χ0n) is 17.2. The number of hydrogen-bond donors (Lipinski definition) is 1. The molecule has 25 heavy (non-hydrogen) atoms. The number of fused-ring (bicyclic) bond motifs is 1. The molecule has 4 atom stereocenters. The van der Waals surface area contributed by atoms with Gasteiger partial charge >= 0.3 is 0 Å². The molecule has 0 aromatic carbocycles. The number of aliphatic hydroxyl groups excluding tert-OH is 1. The second kappa shape index (κ2) is 6.22. The first-order valence-corrected chi connectivity index (χ1v) is 10.5. The summed E-state index contributed by atoms with van der Waals surface area (Å²) in [7, 11) is 0. The van der Waals surface area contributed by atoms with Crippen LogP contribution in [0.3, 0.4) is 0 Å². The molecule has 3 aliphatic rings. The number of carbonyl (C=O) groups excluding carboxylic acids is 1. The maximum atomic E-state index is 12.6. The fraction of sp³-hybridized carbons (Fsp3) is 0.870. The van der Waals surface area contributed by atoms with E-state index in [1.54, 1.807) is 0 Å². The van der Waals surface area contributed by atoms with Crippen molar-refractivity contribution in [3.05, 3.63) is 11.1 Å². The number of aliphatic hydroxyl groups is 1. The lowest BCUT2D eigenvalue weighted by Gasteiger charge is -2.39. The molecule has 2 heteroatoms. The van der Waals surface area contributed by atoms with E-state index in [2.05, 4.69) is 41.5 Å². The molecule has 1 N–H and O–H groups in total. The molecule has 1 unspecified atom stereocenters. The third-order valence-corrected chi connectivity index (χ3v) is 8.55. The molecule has 0 bridgehead atoms. The number of rotatable bonds is 6. The van der Waals surface area contributed by atoms with Crippen molar-refractivity contribution in [3.8, 4) is 0 Å². The molecular weight excluding hydrogens is 308 g/mol. The van der Waals surface area contributed by atoms with E-state index in [1.165, 1.54) is 37.7 Å². The minimum Gasteiger partial charge on any atom is -0.395 e. The average Bonchev–Trinajstić information content (AvgIpc) is 3.07. The Labute approximate surface area is 154 Å². The minimum absolute atomic E-state index is 0.126. The lowest BCUT2D eigenvalue weighted by molar-refractivity contribution is -0.117. The molecule has 2 saturated carbocycles. The van der Waals surface area contributed by atoms with Crippen LogP contribution in [0.1, 0.15) is 86.5 Å². The first kappa shape index (κ1) is 19.1. The van der Waals surface area contributed by atoms with E-state index in [4.69, 9.17) is 0 Å². The van der Waals surface area contributed by atoms with Gasteiger partial charge in [-0.15, -0.1) is 0 Å². The topological polar surface area (TPSA) is 37.3 Å². The maximum Gasteiger partial charge on any atom is 0.160 e. The normalized spacial score (nSPS) is 41.0. The van der Waals surface area contributed by atoms with Crippen LogP contribution in [-0.4, -0.2) is 17.5 Å². The second-order valence-electron chi connectivity index (χ2n) is 10.3. The Balaban J connectivity index is 1.78. The van der Waals surface area contributed by atoms with Crippen LogP contribution in [0.15, 0.2) is 11.1 Å². The summed E-state index contributed by atoms with van der Waals surface area (Å²) in [5.41, 5.74) is 2.88. The monoisotopic (exact) mass is 346 g/mol. The molecule has 142 valence electrons. The molecule has 2 fully saturated rings. The number of hydrogen-bond acceptors (Lipinski definition) is 2. The summed E-state index contributed by atoms with van der Waals surface area (Å²) >= 11 is 0. The largest absolute Gasteiger partial charge is 0.395 e. The summed E-state index contributed by atoms with van der Waals surface area (Å²) in [5, 5.41) is 10.2. The second-order valence-corrected chi connectivity index (χ2v) is 10.3. The van der Waals surface area contributed by atoms with Gasteiger partial charge in [-0.05, 0) is 73.2 Å². The minimum atomic E-state index is -0.278. The van der Waals surface area contributed by atoms with Crippen molar-refractivity contribution in [1.82, 2.24) is 0 Å². The first-order valence-electron chi connectivity index (χ1n) is 10.5. The van der Waals surface area contributed by atoms with Gasteiger partial charge in [-0.1, -0.05) is 46.6 Å². The Hall–Kier alpha value is -0.630. The molecule has 3 aliphatic carbocycles. The Kier molecular flexibility index (Phi) is 4.76. The Morgan fingerprint density at radius 2 is 1.88 bits per heavy atom. The van der Waals surface area contributed by atoms with Gasteiger partial charge in [0.2, 0.25) is 0 Å². The van der Waals surface area contributed by atoms with E-state index in [0.717, 1.165) is 23.8 Å². The smallest absolute Gasteiger partial charge is 0.160 e. The van der Waals surface area contributed by atoms with Crippen LogP contribution in [-0.2, 0) is 4.79 Å². The molecular formula is C23H38O2. The van der Waals surface area contributed by atoms with Crippen LogP contribution in [0.25, 0.3) is 0 Å². The molecule has 0 heterocycles. The highest BCUT2D eigenvalue weighted by Crippen LogP contribution is 2.76. The van der Waals surface area contributed by atoms with E-state index >= 15 is 0 Å². The fourth-order valence-electron chi connectivity index (χ4n) is 6.90. The van der Waals surface area contributed by atoms with Gasteiger partial charge in [-0.2, -0.15) is 0 Å². The molecule has 0 radical (unpaired) electrons. The van der Waals surface area contributed by atoms with Gasteiger partial charge in [-0.25, -0.2) is 0 Å². The summed E-state index contributed by atoms with van der Waals surface area (Å²) in [4.78, 5) is 12.6. The molecule has 0 aromatic rings. The van der Waals surface area contributed by atoms with Gasteiger partial charge in [-0.3, -0.25) is 4.79 Å². The third-order valence-electron chi connectivity index (χ3n) is 8.55. The fourth-order valence-corrected chi connectivity index (χ4v) is 6.90. The molecule has 3 rings (SSSR count). The van der Waals surface area contributed by atoms with Crippen molar-refractivity contribution in [2.45, 2.75) is 86.5 Å². The van der Waals surface area contributed by atoms with Crippen molar-refractivity contribution in [2.24, 2.45) is 34.0 Å². The Morgan fingerprint density at radius 3 is 2.40 bits per heavy atom. The molecule has 0 spiro atoms. The zero-order chi connectivity index (χ0) is 18.6. The Morgan fingerprint density at radius 1 is 1.20 bits per heavy atom. The van der Waals surface area contributed by atoms with Gasteiger partial charge < -0.3 is 5.11 Å². The average molecular weight is 347 g/mol. The standard InChI is InChI=1S/C23H38O2/c1-15(2)18-8-7-9-23(13-21(18,23)6)11-10-22(14-24)12-19(25)20(16(3)4)17(22)5/h15-16,18,24H,7-14H2,1-6H3/t18-,21-,22?,23+/m1/s1. The predicted octanol–water partition coefficient (Wildman–Crippen LogP) is 5.54. The van der Waals surface area contributed by atoms with E-state index in [9.17, 15) is 9.90 Å². The molecule has 0 aliphatic heterocycles. The third kappa shape index (κ3) is 2.74. The lowest BCUT2D eigenvalue weighted by atomic mass is 9.65. The molecule has 0 saturated heterocycles. The Bertz CT molecular complexity index is 587.